The van der Waals surface area contributed by atoms with Crippen molar-refractivity contribution < 1.29 is 4.79 Å². The van der Waals surface area contributed by atoms with E-state index in [2.05, 4.69) is 15.6 Å². The van der Waals surface area contributed by atoms with Crippen molar-refractivity contribution in [3.05, 3.63) is 36.3 Å². The number of nitrogens with zero attached hydrogens (tertiary/aromatic N) is 2. The Morgan fingerprint density at radius 3 is 3.05 bits per heavy atom. The summed E-state index contributed by atoms with van der Waals surface area (Å²) in [5, 5.41) is 6.37. The number of rotatable bonds is 3. The van der Waals surface area contributed by atoms with Crippen molar-refractivity contribution in [2.24, 2.45) is 0 Å². The molecule has 1 amide bonds. The van der Waals surface area contributed by atoms with Crippen molar-refractivity contribution in [1.29, 1.82) is 0 Å². The highest BCUT2D eigenvalue weighted by atomic mass is 16.1. The lowest BCUT2D eigenvalue weighted by molar-refractivity contribution is -0.121. The van der Waals surface area contributed by atoms with Gasteiger partial charge in [-0.3, -0.25) is 4.79 Å². The molecule has 0 spiro atoms. The molecule has 0 aromatic carbocycles. The van der Waals surface area contributed by atoms with Gasteiger partial charge in [0, 0.05) is 18.4 Å². The number of pyridine rings is 1. The molecule has 0 unspecified atom stereocenters. The first-order valence-corrected chi connectivity index (χ1v) is 6.74. The van der Waals surface area contributed by atoms with Gasteiger partial charge in [0.1, 0.15) is 5.65 Å². The first kappa shape index (κ1) is 12.2. The average molecular weight is 258 g/mol. The molecule has 3 heterocycles. The number of nitrogens with one attached hydrogen (secondary N) is 2. The van der Waals surface area contributed by atoms with E-state index in [0.717, 1.165) is 37.3 Å². The van der Waals surface area contributed by atoms with Gasteiger partial charge in [-0.1, -0.05) is 6.07 Å². The summed E-state index contributed by atoms with van der Waals surface area (Å²) in [6, 6.07) is 6.15. The number of piperidine rings is 1. The molecule has 2 aromatic heterocycles. The molecule has 3 rings (SSSR count). The van der Waals surface area contributed by atoms with Gasteiger partial charge < -0.3 is 15.0 Å². The molecule has 2 aromatic rings. The molecule has 0 bridgehead atoms. The van der Waals surface area contributed by atoms with E-state index in [4.69, 9.17) is 0 Å². The van der Waals surface area contributed by atoms with E-state index in [9.17, 15) is 4.79 Å². The van der Waals surface area contributed by atoms with E-state index in [0.29, 0.717) is 12.5 Å². The third-order valence-electron chi connectivity index (χ3n) is 3.46. The Bertz CT molecular complexity index is 539. The third-order valence-corrected chi connectivity index (χ3v) is 3.46. The van der Waals surface area contributed by atoms with Gasteiger partial charge in [0.2, 0.25) is 5.91 Å². The second-order valence-electron chi connectivity index (χ2n) is 4.97. The summed E-state index contributed by atoms with van der Waals surface area (Å²) in [6.45, 7) is 1.97. The SMILES string of the molecule is O=C(Cc1cn2ccccc2n1)NC1CCNCC1. The highest BCUT2D eigenvalue weighted by molar-refractivity contribution is 5.78. The Balaban J connectivity index is 1.62. The average Bonchev–Trinajstić information content (AvgIpc) is 2.81. The molecule has 1 aliphatic heterocycles. The molecule has 0 aliphatic carbocycles. The van der Waals surface area contributed by atoms with E-state index in [-0.39, 0.29) is 5.91 Å². The standard InChI is InChI=1S/C14H18N4O/c19-14(17-11-4-6-15-7-5-11)9-12-10-18-8-2-1-3-13(18)16-12/h1-3,8,10-11,15H,4-7,9H2,(H,17,19). The smallest absolute Gasteiger partial charge is 0.226 e. The van der Waals surface area contributed by atoms with E-state index in [1.807, 2.05) is 35.0 Å². The fourth-order valence-electron chi connectivity index (χ4n) is 2.48. The quantitative estimate of drug-likeness (QED) is 0.854. The summed E-state index contributed by atoms with van der Waals surface area (Å²) < 4.78 is 1.94. The molecule has 5 nitrogen and oxygen atoms in total. The van der Waals surface area contributed by atoms with E-state index < -0.39 is 0 Å². The van der Waals surface area contributed by atoms with E-state index in [1.54, 1.807) is 0 Å². The number of aromatic nitrogens is 2. The van der Waals surface area contributed by atoms with Gasteiger partial charge in [-0.25, -0.2) is 4.98 Å². The summed E-state index contributed by atoms with van der Waals surface area (Å²) in [4.78, 5) is 16.4. The Kier molecular flexibility index (Phi) is 3.46. The molecule has 19 heavy (non-hydrogen) atoms. The third kappa shape index (κ3) is 2.93. The van der Waals surface area contributed by atoms with Crippen LogP contribution in [0.2, 0.25) is 0 Å². The predicted octanol–water partition coefficient (Wildman–Crippen LogP) is 0.745. The molecular weight excluding hydrogens is 240 g/mol. The second-order valence-corrected chi connectivity index (χ2v) is 4.97. The zero-order chi connectivity index (χ0) is 13.1. The largest absolute Gasteiger partial charge is 0.353 e. The maximum Gasteiger partial charge on any atom is 0.226 e. The second kappa shape index (κ2) is 5.40. The van der Waals surface area contributed by atoms with E-state index in [1.165, 1.54) is 0 Å². The fourth-order valence-corrected chi connectivity index (χ4v) is 2.48. The number of imidazole rings is 1. The van der Waals surface area contributed by atoms with Gasteiger partial charge in [0.05, 0.1) is 12.1 Å². The molecule has 100 valence electrons. The fraction of sp³-hybridized carbons (Fsp3) is 0.429. The van der Waals surface area contributed by atoms with Gasteiger partial charge >= 0.3 is 0 Å². The molecule has 5 heteroatoms. The Hall–Kier alpha value is -1.88. The summed E-state index contributed by atoms with van der Waals surface area (Å²) in [7, 11) is 0. The van der Waals surface area contributed by atoms with Crippen molar-refractivity contribution in [1.82, 2.24) is 20.0 Å². The van der Waals surface area contributed by atoms with Crippen molar-refractivity contribution >= 4 is 11.6 Å². The van der Waals surface area contributed by atoms with Crippen LogP contribution in [0.25, 0.3) is 5.65 Å². The molecule has 2 N–H and O–H groups in total. The predicted molar refractivity (Wildman–Crippen MR) is 72.9 cm³/mol. The van der Waals surface area contributed by atoms with Crippen LogP contribution in [0.1, 0.15) is 18.5 Å². The Morgan fingerprint density at radius 2 is 2.26 bits per heavy atom. The first-order chi connectivity index (χ1) is 9.31. The van der Waals surface area contributed by atoms with Gasteiger partial charge in [-0.15, -0.1) is 0 Å². The van der Waals surface area contributed by atoms with Crippen LogP contribution in [0.3, 0.4) is 0 Å². The summed E-state index contributed by atoms with van der Waals surface area (Å²) in [6.07, 6.45) is 6.23. The van der Waals surface area contributed by atoms with Gasteiger partial charge in [-0.2, -0.15) is 0 Å². The Labute approximate surface area is 112 Å². The van der Waals surface area contributed by atoms with Crippen molar-refractivity contribution in [2.75, 3.05) is 13.1 Å². The van der Waals surface area contributed by atoms with Crippen LogP contribution in [-0.2, 0) is 11.2 Å². The monoisotopic (exact) mass is 258 g/mol. The van der Waals surface area contributed by atoms with Gasteiger partial charge in [0.15, 0.2) is 0 Å². The maximum absolute atomic E-state index is 12.0. The number of hydrogen-bond acceptors (Lipinski definition) is 3. The lowest BCUT2D eigenvalue weighted by Crippen LogP contribution is -2.43. The van der Waals surface area contributed by atoms with Crippen LogP contribution >= 0.6 is 0 Å². The van der Waals surface area contributed by atoms with Crippen molar-refractivity contribution in [2.45, 2.75) is 25.3 Å². The van der Waals surface area contributed by atoms with Crippen LogP contribution in [0.5, 0.6) is 0 Å². The minimum absolute atomic E-state index is 0.0651. The molecule has 1 aliphatic rings. The van der Waals surface area contributed by atoms with E-state index >= 15 is 0 Å². The summed E-state index contributed by atoms with van der Waals surface area (Å²) in [5.41, 5.74) is 1.70. The van der Waals surface area contributed by atoms with Crippen LogP contribution in [0.15, 0.2) is 30.6 Å². The molecular formula is C14H18N4O. The highest BCUT2D eigenvalue weighted by Crippen LogP contribution is 2.06. The lowest BCUT2D eigenvalue weighted by Gasteiger charge is -2.23. The number of fused-ring (bicyclic) bond motifs is 1. The molecule has 1 fully saturated rings. The highest BCUT2D eigenvalue weighted by Gasteiger charge is 2.16. The maximum atomic E-state index is 12.0. The van der Waals surface area contributed by atoms with Crippen LogP contribution < -0.4 is 10.6 Å². The summed E-state index contributed by atoms with van der Waals surface area (Å²) >= 11 is 0. The molecule has 0 atom stereocenters. The minimum Gasteiger partial charge on any atom is -0.353 e. The molecule has 0 radical (unpaired) electrons. The van der Waals surface area contributed by atoms with Crippen molar-refractivity contribution in [3.63, 3.8) is 0 Å². The van der Waals surface area contributed by atoms with Gasteiger partial charge in [0.25, 0.3) is 0 Å². The molecule has 0 saturated carbocycles. The number of carbonyl (C=O) groups is 1. The van der Waals surface area contributed by atoms with Crippen LogP contribution in [0, 0.1) is 0 Å². The normalized spacial score (nSPS) is 16.6. The zero-order valence-corrected chi connectivity index (χ0v) is 10.8. The Morgan fingerprint density at radius 1 is 1.42 bits per heavy atom. The zero-order valence-electron chi connectivity index (χ0n) is 10.8. The van der Waals surface area contributed by atoms with Crippen molar-refractivity contribution in [3.8, 4) is 0 Å². The lowest BCUT2D eigenvalue weighted by atomic mass is 10.1. The number of carbonyl (C=O) groups excluding carboxylic acids is 1. The molecule has 1 saturated heterocycles. The van der Waals surface area contributed by atoms with Crippen LogP contribution in [-0.4, -0.2) is 34.4 Å². The number of amides is 1. The first-order valence-electron chi connectivity index (χ1n) is 6.74. The summed E-state index contributed by atoms with van der Waals surface area (Å²) in [5.74, 6) is 0.0651. The topological polar surface area (TPSA) is 58.4 Å². The number of hydrogen-bond donors (Lipinski definition) is 2. The minimum atomic E-state index is 0.0651. The van der Waals surface area contributed by atoms with Gasteiger partial charge in [-0.05, 0) is 38.1 Å². The van der Waals surface area contributed by atoms with Crippen LogP contribution in [0.4, 0.5) is 0 Å².